The van der Waals surface area contributed by atoms with Gasteiger partial charge in [-0.1, -0.05) is 25.0 Å². The molecule has 1 saturated heterocycles. The molecule has 1 aliphatic heterocycles. The zero-order chi connectivity index (χ0) is 28.9. The lowest BCUT2D eigenvalue weighted by molar-refractivity contribution is -0.192. The predicted molar refractivity (Wildman–Crippen MR) is 137 cm³/mol. The number of amides is 1. The number of rotatable bonds is 7. The van der Waals surface area contributed by atoms with Crippen molar-refractivity contribution in [2.45, 2.75) is 75.8 Å². The maximum absolute atomic E-state index is 13.1. The molecule has 2 fully saturated rings. The van der Waals surface area contributed by atoms with Crippen LogP contribution in [0.1, 0.15) is 54.2 Å². The van der Waals surface area contributed by atoms with Gasteiger partial charge >= 0.3 is 6.18 Å². The minimum atomic E-state index is -4.43. The Hall–Kier alpha value is -2.93. The number of hydrogen-bond acceptors (Lipinski definition) is 8. The lowest BCUT2D eigenvalue weighted by Crippen LogP contribution is -2.49. The Morgan fingerprint density at radius 3 is 2.50 bits per heavy atom. The second-order valence-electron chi connectivity index (χ2n) is 10.2. The summed E-state index contributed by atoms with van der Waals surface area (Å²) in [5, 5.41) is 23.8. The molecule has 40 heavy (non-hydrogen) atoms. The first-order chi connectivity index (χ1) is 19.1. The van der Waals surface area contributed by atoms with Crippen molar-refractivity contribution in [2.75, 3.05) is 20.3 Å². The molecule has 0 bridgehead atoms. The number of benzene rings is 1. The Bertz CT molecular complexity index is 1130. The number of ether oxygens (including phenoxy) is 4. The first kappa shape index (κ1) is 30.0. The fraction of sp³-hybridized carbons (Fsp3) is 0.571. The van der Waals surface area contributed by atoms with Crippen LogP contribution in [-0.4, -0.2) is 72.1 Å². The molecule has 3 N–H and O–H groups in total. The molecule has 1 unspecified atom stereocenters. The van der Waals surface area contributed by atoms with Crippen LogP contribution in [0.15, 0.2) is 36.5 Å². The minimum absolute atomic E-state index is 0.00154. The average molecular weight is 569 g/mol. The van der Waals surface area contributed by atoms with Crippen LogP contribution in [0.4, 0.5) is 13.2 Å². The number of carbonyl (C=O) groups excluding carboxylic acids is 1. The molecule has 2 heterocycles. The van der Waals surface area contributed by atoms with Crippen LogP contribution < -0.4 is 10.1 Å². The third-order valence-electron chi connectivity index (χ3n) is 7.32. The summed E-state index contributed by atoms with van der Waals surface area (Å²) in [6, 6.07) is 5.37. The van der Waals surface area contributed by atoms with E-state index in [0.29, 0.717) is 12.0 Å². The molecule has 0 radical (unpaired) electrons. The summed E-state index contributed by atoms with van der Waals surface area (Å²) >= 11 is 0. The maximum Gasteiger partial charge on any atom is 0.416 e. The SMILES string of the molecule is COc1ccnc(C(=O)N[C@H]2COC[C@H](Cc3ccc(C(F)(F)F)cc3)[C@@H](OC3CCCC3)[C@H](C)OC2O)c1O. The van der Waals surface area contributed by atoms with Crippen LogP contribution in [0.2, 0.25) is 0 Å². The zero-order valence-electron chi connectivity index (χ0n) is 22.4. The van der Waals surface area contributed by atoms with E-state index in [1.54, 1.807) is 6.92 Å². The fourth-order valence-electron chi connectivity index (χ4n) is 5.19. The number of nitrogens with zero attached hydrogens (tertiary/aromatic N) is 1. The minimum Gasteiger partial charge on any atom is -0.503 e. The molecule has 12 heteroatoms. The highest BCUT2D eigenvalue weighted by Gasteiger charge is 2.38. The van der Waals surface area contributed by atoms with Gasteiger partial charge in [-0.2, -0.15) is 13.2 Å². The number of alkyl halides is 3. The highest BCUT2D eigenvalue weighted by Crippen LogP contribution is 2.32. The molecule has 9 nitrogen and oxygen atoms in total. The monoisotopic (exact) mass is 568 g/mol. The number of aromatic hydroxyl groups is 1. The molecule has 1 aromatic carbocycles. The van der Waals surface area contributed by atoms with E-state index in [2.05, 4.69) is 10.3 Å². The van der Waals surface area contributed by atoms with Crippen molar-refractivity contribution in [3.63, 3.8) is 0 Å². The molecule has 4 rings (SSSR count). The van der Waals surface area contributed by atoms with Crippen LogP contribution in [0.25, 0.3) is 0 Å². The Balaban J connectivity index is 1.52. The van der Waals surface area contributed by atoms with Crippen molar-refractivity contribution >= 4 is 5.91 Å². The molecular weight excluding hydrogens is 533 g/mol. The van der Waals surface area contributed by atoms with Crippen molar-refractivity contribution < 1.29 is 47.1 Å². The number of aliphatic hydroxyl groups is 1. The number of carbonyl (C=O) groups is 1. The average Bonchev–Trinajstić information content (AvgIpc) is 3.44. The normalized spacial score (nSPS) is 26.5. The maximum atomic E-state index is 13.1. The summed E-state index contributed by atoms with van der Waals surface area (Å²) in [5.74, 6) is -1.45. The Morgan fingerprint density at radius 2 is 1.85 bits per heavy atom. The van der Waals surface area contributed by atoms with Gasteiger partial charge in [-0.05, 0) is 43.9 Å². The number of hydrogen-bond donors (Lipinski definition) is 3. The Labute approximate surface area is 230 Å². The van der Waals surface area contributed by atoms with E-state index in [1.165, 1.54) is 31.5 Å². The van der Waals surface area contributed by atoms with Gasteiger partial charge in [0.15, 0.2) is 23.5 Å². The van der Waals surface area contributed by atoms with Gasteiger partial charge in [-0.3, -0.25) is 4.79 Å². The molecule has 2 aromatic rings. The van der Waals surface area contributed by atoms with Crippen molar-refractivity contribution in [1.29, 1.82) is 0 Å². The number of aromatic nitrogens is 1. The van der Waals surface area contributed by atoms with Crippen LogP contribution in [0.5, 0.6) is 11.5 Å². The Kier molecular flexibility index (Phi) is 9.88. The highest BCUT2D eigenvalue weighted by molar-refractivity contribution is 5.95. The van der Waals surface area contributed by atoms with Crippen molar-refractivity contribution in [3.8, 4) is 11.5 Å². The van der Waals surface area contributed by atoms with E-state index in [0.717, 1.165) is 37.8 Å². The van der Waals surface area contributed by atoms with Gasteiger partial charge in [0.1, 0.15) is 6.04 Å². The van der Waals surface area contributed by atoms with Crippen molar-refractivity contribution in [2.24, 2.45) is 5.92 Å². The molecular formula is C28H35F3N2O7. The largest absolute Gasteiger partial charge is 0.503 e. The van der Waals surface area contributed by atoms with Crippen LogP contribution in [0.3, 0.4) is 0 Å². The summed E-state index contributed by atoms with van der Waals surface area (Å²) in [7, 11) is 1.34. The van der Waals surface area contributed by atoms with E-state index in [1.807, 2.05) is 0 Å². The number of halogens is 3. The summed E-state index contributed by atoms with van der Waals surface area (Å²) in [6.45, 7) is 1.76. The first-order valence-electron chi connectivity index (χ1n) is 13.3. The fourth-order valence-corrected chi connectivity index (χ4v) is 5.19. The predicted octanol–water partition coefficient (Wildman–Crippen LogP) is 3.85. The summed E-state index contributed by atoms with van der Waals surface area (Å²) in [5.41, 5.74) is -0.337. The molecule has 1 aliphatic carbocycles. The standard InChI is InChI=1S/C28H35F3N2O7/c1-16-25(40-20-5-3-4-6-20)18(13-17-7-9-19(10-8-17)28(29,30)31)14-38-15-21(27(36)39-16)33-26(35)23-24(34)22(37-2)11-12-32-23/h7-12,16,18,20-21,25,27,34,36H,3-6,13-15H2,1-2H3,(H,33,35)/t16-,18-,21-,25-,27?/m0/s1. The molecule has 1 aromatic heterocycles. The highest BCUT2D eigenvalue weighted by atomic mass is 19.4. The van der Waals surface area contributed by atoms with Crippen molar-refractivity contribution in [1.82, 2.24) is 10.3 Å². The van der Waals surface area contributed by atoms with Gasteiger partial charge in [0.05, 0.1) is 44.2 Å². The second kappa shape index (κ2) is 13.2. The van der Waals surface area contributed by atoms with Crippen LogP contribution >= 0.6 is 0 Å². The lowest BCUT2D eigenvalue weighted by atomic mass is 9.91. The summed E-state index contributed by atoms with van der Waals surface area (Å²) in [6.07, 6.45) is -1.57. The van der Waals surface area contributed by atoms with Gasteiger partial charge in [-0.15, -0.1) is 0 Å². The van der Waals surface area contributed by atoms with Gasteiger partial charge in [0.25, 0.3) is 5.91 Å². The van der Waals surface area contributed by atoms with Gasteiger partial charge in [0.2, 0.25) is 0 Å². The van der Waals surface area contributed by atoms with Crippen LogP contribution in [0, 0.1) is 5.92 Å². The molecule has 1 amide bonds. The van der Waals surface area contributed by atoms with Gasteiger partial charge < -0.3 is 34.5 Å². The van der Waals surface area contributed by atoms with Crippen LogP contribution in [-0.2, 0) is 26.8 Å². The lowest BCUT2D eigenvalue weighted by Gasteiger charge is -2.34. The first-order valence-corrected chi connectivity index (χ1v) is 13.3. The molecule has 220 valence electrons. The smallest absolute Gasteiger partial charge is 0.416 e. The van der Waals surface area contributed by atoms with E-state index in [-0.39, 0.29) is 36.7 Å². The topological polar surface area (TPSA) is 119 Å². The molecule has 2 aliphatic rings. The van der Waals surface area contributed by atoms with Crippen molar-refractivity contribution in [3.05, 3.63) is 53.3 Å². The van der Waals surface area contributed by atoms with Gasteiger partial charge in [-0.25, -0.2) is 4.98 Å². The number of methoxy groups -OCH3 is 1. The third-order valence-corrected chi connectivity index (χ3v) is 7.32. The quantitative estimate of drug-likeness (QED) is 0.461. The van der Waals surface area contributed by atoms with E-state index in [9.17, 15) is 28.2 Å². The number of aliphatic hydroxyl groups excluding tert-OH is 1. The molecule has 5 atom stereocenters. The zero-order valence-corrected chi connectivity index (χ0v) is 22.4. The van der Waals surface area contributed by atoms with E-state index < -0.39 is 47.9 Å². The second-order valence-corrected chi connectivity index (χ2v) is 10.2. The molecule has 1 saturated carbocycles. The molecule has 0 spiro atoms. The van der Waals surface area contributed by atoms with E-state index >= 15 is 0 Å². The Morgan fingerprint density at radius 1 is 1.15 bits per heavy atom. The van der Waals surface area contributed by atoms with Gasteiger partial charge in [0, 0.05) is 18.2 Å². The number of nitrogens with one attached hydrogen (secondary N) is 1. The third kappa shape index (κ3) is 7.42. The van der Waals surface area contributed by atoms with E-state index in [4.69, 9.17) is 18.9 Å². The summed E-state index contributed by atoms with van der Waals surface area (Å²) in [4.78, 5) is 16.8. The number of pyridine rings is 1. The summed E-state index contributed by atoms with van der Waals surface area (Å²) < 4.78 is 62.5.